The Morgan fingerprint density at radius 2 is 1.76 bits per heavy atom. The maximum absolute atomic E-state index is 14.4. The summed E-state index contributed by atoms with van der Waals surface area (Å²) in [4.78, 5) is 0. The monoisotopic (exact) mass is 413 g/mol. The average molecular weight is 415 g/mol. The molecule has 0 fully saturated rings. The van der Waals surface area contributed by atoms with Gasteiger partial charge in [0.15, 0.2) is 0 Å². The van der Waals surface area contributed by atoms with E-state index in [1.165, 1.54) is 5.56 Å². The third-order valence-electron chi connectivity index (χ3n) is 3.38. The van der Waals surface area contributed by atoms with Gasteiger partial charge in [-0.1, -0.05) is 53.2 Å². The standard InChI is InChI=1S/C17H18Br2FN/c1-2-10-21-16(11-12-6-3-4-8-14(12)18)13-7-5-9-15(19)17(13)20/h3-9,16,21H,2,10-11H2,1H3. The molecule has 2 aromatic rings. The topological polar surface area (TPSA) is 12.0 Å². The Balaban J connectivity index is 2.30. The van der Waals surface area contributed by atoms with Gasteiger partial charge in [-0.3, -0.25) is 0 Å². The zero-order chi connectivity index (χ0) is 15.2. The van der Waals surface area contributed by atoms with Gasteiger partial charge < -0.3 is 5.32 Å². The summed E-state index contributed by atoms with van der Waals surface area (Å²) in [6, 6.07) is 13.5. The molecule has 1 atom stereocenters. The van der Waals surface area contributed by atoms with Crippen LogP contribution in [-0.2, 0) is 6.42 Å². The normalized spacial score (nSPS) is 12.4. The van der Waals surface area contributed by atoms with Crippen molar-refractivity contribution in [3.8, 4) is 0 Å². The molecule has 0 saturated heterocycles. The summed E-state index contributed by atoms with van der Waals surface area (Å²) in [6.45, 7) is 2.97. The predicted molar refractivity (Wildman–Crippen MR) is 93.0 cm³/mol. The average Bonchev–Trinajstić information content (AvgIpc) is 2.48. The number of halogens is 3. The quantitative estimate of drug-likeness (QED) is 0.645. The molecule has 0 saturated carbocycles. The van der Waals surface area contributed by atoms with E-state index >= 15 is 0 Å². The Kier molecular flexibility index (Phi) is 6.40. The molecule has 1 nitrogen and oxygen atoms in total. The molecule has 0 bridgehead atoms. The maximum atomic E-state index is 14.4. The van der Waals surface area contributed by atoms with Crippen LogP contribution < -0.4 is 5.32 Å². The Hall–Kier alpha value is -0.710. The second-order valence-corrected chi connectivity index (χ2v) is 6.65. The molecular weight excluding hydrogens is 397 g/mol. The summed E-state index contributed by atoms with van der Waals surface area (Å²) in [6.07, 6.45) is 1.76. The SMILES string of the molecule is CCCNC(Cc1ccccc1Br)c1cccc(Br)c1F. The molecule has 2 aromatic carbocycles. The van der Waals surface area contributed by atoms with Crippen LogP contribution in [0.25, 0.3) is 0 Å². The van der Waals surface area contributed by atoms with Crippen molar-refractivity contribution in [2.45, 2.75) is 25.8 Å². The minimum atomic E-state index is -0.182. The van der Waals surface area contributed by atoms with Gasteiger partial charge in [0.1, 0.15) is 5.82 Å². The fraction of sp³-hybridized carbons (Fsp3) is 0.294. The van der Waals surface area contributed by atoms with E-state index in [1.807, 2.05) is 30.3 Å². The summed E-state index contributed by atoms with van der Waals surface area (Å²) < 4.78 is 16.0. The smallest absolute Gasteiger partial charge is 0.142 e. The molecule has 2 rings (SSSR count). The van der Waals surface area contributed by atoms with E-state index in [9.17, 15) is 4.39 Å². The first kappa shape index (κ1) is 16.7. The largest absolute Gasteiger partial charge is 0.310 e. The highest BCUT2D eigenvalue weighted by atomic mass is 79.9. The molecule has 112 valence electrons. The molecular formula is C17H18Br2FN. The number of rotatable bonds is 6. The number of benzene rings is 2. The van der Waals surface area contributed by atoms with Crippen LogP contribution in [0, 0.1) is 5.82 Å². The third kappa shape index (κ3) is 4.38. The lowest BCUT2D eigenvalue weighted by molar-refractivity contribution is 0.494. The van der Waals surface area contributed by atoms with Crippen LogP contribution in [0.2, 0.25) is 0 Å². The van der Waals surface area contributed by atoms with E-state index in [4.69, 9.17) is 0 Å². The molecule has 0 heterocycles. The lowest BCUT2D eigenvalue weighted by atomic mass is 9.98. The summed E-state index contributed by atoms with van der Waals surface area (Å²) in [5.41, 5.74) is 1.87. The van der Waals surface area contributed by atoms with E-state index < -0.39 is 0 Å². The lowest BCUT2D eigenvalue weighted by Gasteiger charge is -2.21. The van der Waals surface area contributed by atoms with Crippen molar-refractivity contribution in [1.82, 2.24) is 5.32 Å². The number of nitrogens with one attached hydrogen (secondary N) is 1. The molecule has 0 amide bonds. The van der Waals surface area contributed by atoms with Crippen LogP contribution in [0.4, 0.5) is 4.39 Å². The Morgan fingerprint density at radius 1 is 1.05 bits per heavy atom. The zero-order valence-electron chi connectivity index (χ0n) is 11.9. The van der Waals surface area contributed by atoms with Gasteiger partial charge in [-0.05, 0) is 53.0 Å². The van der Waals surface area contributed by atoms with Crippen molar-refractivity contribution >= 4 is 31.9 Å². The number of hydrogen-bond acceptors (Lipinski definition) is 1. The van der Waals surface area contributed by atoms with Crippen LogP contribution in [0.15, 0.2) is 51.4 Å². The minimum absolute atomic E-state index is 0.0406. The Morgan fingerprint density at radius 3 is 2.48 bits per heavy atom. The third-order valence-corrected chi connectivity index (χ3v) is 4.77. The van der Waals surface area contributed by atoms with E-state index in [1.54, 1.807) is 6.07 Å². The molecule has 21 heavy (non-hydrogen) atoms. The molecule has 0 aliphatic heterocycles. The van der Waals surface area contributed by atoms with Gasteiger partial charge in [0.05, 0.1) is 4.47 Å². The van der Waals surface area contributed by atoms with Gasteiger partial charge in [0.2, 0.25) is 0 Å². The first-order chi connectivity index (χ1) is 10.1. The summed E-state index contributed by atoms with van der Waals surface area (Å²) in [5.74, 6) is -0.182. The van der Waals surface area contributed by atoms with E-state index in [-0.39, 0.29) is 11.9 Å². The molecule has 4 heteroatoms. The van der Waals surface area contributed by atoms with Crippen LogP contribution in [-0.4, -0.2) is 6.54 Å². The van der Waals surface area contributed by atoms with Crippen LogP contribution in [0.3, 0.4) is 0 Å². The van der Waals surface area contributed by atoms with Gasteiger partial charge in [-0.25, -0.2) is 4.39 Å². The highest BCUT2D eigenvalue weighted by molar-refractivity contribution is 9.10. The highest BCUT2D eigenvalue weighted by Crippen LogP contribution is 2.28. The van der Waals surface area contributed by atoms with E-state index in [2.05, 4.69) is 50.2 Å². The molecule has 0 aliphatic carbocycles. The fourth-order valence-electron chi connectivity index (χ4n) is 2.28. The van der Waals surface area contributed by atoms with Crippen molar-refractivity contribution < 1.29 is 4.39 Å². The predicted octanol–water partition coefficient (Wildman–Crippen LogP) is 5.63. The minimum Gasteiger partial charge on any atom is -0.310 e. The van der Waals surface area contributed by atoms with Crippen molar-refractivity contribution in [3.05, 3.63) is 68.4 Å². The molecule has 0 spiro atoms. The summed E-state index contributed by atoms with van der Waals surface area (Å²) in [5, 5.41) is 3.45. The van der Waals surface area contributed by atoms with Gasteiger partial charge >= 0.3 is 0 Å². The van der Waals surface area contributed by atoms with Crippen LogP contribution in [0.5, 0.6) is 0 Å². The Bertz CT molecular complexity index is 601. The molecule has 0 aromatic heterocycles. The van der Waals surface area contributed by atoms with E-state index in [0.717, 1.165) is 23.9 Å². The van der Waals surface area contributed by atoms with Crippen molar-refractivity contribution in [2.75, 3.05) is 6.54 Å². The second kappa shape index (κ2) is 8.06. The summed E-state index contributed by atoms with van der Waals surface area (Å²) >= 11 is 6.84. The van der Waals surface area contributed by atoms with Crippen molar-refractivity contribution in [3.63, 3.8) is 0 Å². The van der Waals surface area contributed by atoms with E-state index in [0.29, 0.717) is 10.0 Å². The van der Waals surface area contributed by atoms with Gasteiger partial charge in [-0.2, -0.15) is 0 Å². The van der Waals surface area contributed by atoms with Gasteiger partial charge in [-0.15, -0.1) is 0 Å². The van der Waals surface area contributed by atoms with Crippen LogP contribution in [0.1, 0.15) is 30.5 Å². The molecule has 0 aliphatic rings. The molecule has 1 unspecified atom stereocenters. The first-order valence-electron chi connectivity index (χ1n) is 7.04. The highest BCUT2D eigenvalue weighted by Gasteiger charge is 2.18. The Labute approximate surface area is 142 Å². The first-order valence-corrected chi connectivity index (χ1v) is 8.62. The van der Waals surface area contributed by atoms with Crippen molar-refractivity contribution in [2.24, 2.45) is 0 Å². The molecule has 1 N–H and O–H groups in total. The molecule has 0 radical (unpaired) electrons. The number of hydrogen-bond donors (Lipinski definition) is 1. The fourth-order valence-corrected chi connectivity index (χ4v) is 3.11. The maximum Gasteiger partial charge on any atom is 0.142 e. The van der Waals surface area contributed by atoms with Gasteiger partial charge in [0.25, 0.3) is 0 Å². The van der Waals surface area contributed by atoms with Gasteiger partial charge in [0, 0.05) is 16.1 Å². The van der Waals surface area contributed by atoms with Crippen molar-refractivity contribution in [1.29, 1.82) is 0 Å². The lowest BCUT2D eigenvalue weighted by Crippen LogP contribution is -2.25. The zero-order valence-corrected chi connectivity index (χ0v) is 15.0. The second-order valence-electron chi connectivity index (χ2n) is 4.95. The van der Waals surface area contributed by atoms with Crippen LogP contribution >= 0.6 is 31.9 Å². The summed E-state index contributed by atoms with van der Waals surface area (Å²) in [7, 11) is 0.